The molecule has 0 bridgehead atoms. The molecule has 0 aliphatic rings. The minimum Gasteiger partial charge on any atom is -0.484 e. The van der Waals surface area contributed by atoms with Crippen LogP contribution in [0.2, 0.25) is 0 Å². The van der Waals surface area contributed by atoms with E-state index in [1.54, 1.807) is 0 Å². The summed E-state index contributed by atoms with van der Waals surface area (Å²) in [6, 6.07) is 7.63. The van der Waals surface area contributed by atoms with Crippen LogP contribution >= 0.6 is 0 Å². The Morgan fingerprint density at radius 2 is 1.95 bits per heavy atom. The van der Waals surface area contributed by atoms with Crippen molar-refractivity contribution in [2.75, 3.05) is 13.2 Å². The van der Waals surface area contributed by atoms with Gasteiger partial charge in [0.1, 0.15) is 5.75 Å². The van der Waals surface area contributed by atoms with E-state index >= 15 is 0 Å². The molecule has 3 N–H and O–H groups in total. The van der Waals surface area contributed by atoms with E-state index in [9.17, 15) is 4.79 Å². The summed E-state index contributed by atoms with van der Waals surface area (Å²) in [5, 5.41) is 2.81. The molecule has 4 heteroatoms. The zero-order valence-corrected chi connectivity index (χ0v) is 12.0. The topological polar surface area (TPSA) is 64.3 Å². The fourth-order valence-corrected chi connectivity index (χ4v) is 1.56. The lowest BCUT2D eigenvalue weighted by Crippen LogP contribution is -2.31. The first-order valence-electron chi connectivity index (χ1n) is 6.78. The molecule has 0 aliphatic carbocycles. The third kappa shape index (κ3) is 5.75. The Kier molecular flexibility index (Phi) is 6.36. The molecule has 0 saturated carbocycles. The number of nitrogens with one attached hydrogen (secondary N) is 1. The molecule has 0 fully saturated rings. The highest BCUT2D eigenvalue weighted by atomic mass is 16.5. The van der Waals surface area contributed by atoms with Crippen LogP contribution in [-0.2, 0) is 4.79 Å². The second-order valence-corrected chi connectivity index (χ2v) is 5.07. The number of hydrogen-bond donors (Lipinski definition) is 2. The predicted molar refractivity (Wildman–Crippen MR) is 77.0 cm³/mol. The molecule has 0 radical (unpaired) electrons. The molecular formula is C15H24N2O2. The number of amides is 1. The summed E-state index contributed by atoms with van der Waals surface area (Å²) in [4.78, 5) is 11.5. The summed E-state index contributed by atoms with van der Waals surface area (Å²) in [6.07, 6.45) is 0.901. The molecule has 1 aromatic carbocycles. The van der Waals surface area contributed by atoms with Crippen molar-refractivity contribution in [2.45, 2.75) is 33.2 Å². The van der Waals surface area contributed by atoms with Gasteiger partial charge in [0.2, 0.25) is 0 Å². The van der Waals surface area contributed by atoms with Crippen LogP contribution < -0.4 is 15.8 Å². The second kappa shape index (κ2) is 7.79. The van der Waals surface area contributed by atoms with Crippen molar-refractivity contribution in [3.63, 3.8) is 0 Å². The minimum atomic E-state index is -0.0944. The molecule has 0 heterocycles. The summed E-state index contributed by atoms with van der Waals surface area (Å²) < 4.78 is 5.42. The van der Waals surface area contributed by atoms with Gasteiger partial charge < -0.3 is 15.8 Å². The molecule has 0 spiro atoms. The van der Waals surface area contributed by atoms with Gasteiger partial charge in [-0.25, -0.2) is 0 Å². The van der Waals surface area contributed by atoms with Crippen LogP contribution in [0, 0.1) is 5.92 Å². The standard InChI is InChI=1S/C15H24N2O2/c1-4-14(16)12-5-7-13(8-6-12)19-10-15(18)17-9-11(2)3/h5-8,11,14H,4,9-10,16H2,1-3H3,(H,17,18). The minimum absolute atomic E-state index is 0.0475. The third-order valence-electron chi connectivity index (χ3n) is 2.83. The van der Waals surface area contributed by atoms with E-state index in [-0.39, 0.29) is 18.6 Å². The quantitative estimate of drug-likeness (QED) is 0.794. The van der Waals surface area contributed by atoms with E-state index in [2.05, 4.69) is 19.2 Å². The third-order valence-corrected chi connectivity index (χ3v) is 2.83. The van der Waals surface area contributed by atoms with Crippen LogP contribution in [0.1, 0.15) is 38.8 Å². The fraction of sp³-hybridized carbons (Fsp3) is 0.533. The van der Waals surface area contributed by atoms with E-state index in [0.717, 1.165) is 12.0 Å². The Balaban J connectivity index is 2.39. The summed E-state index contributed by atoms with van der Waals surface area (Å²) in [7, 11) is 0. The highest BCUT2D eigenvalue weighted by Crippen LogP contribution is 2.18. The summed E-state index contributed by atoms with van der Waals surface area (Å²) in [6.45, 7) is 6.88. The highest BCUT2D eigenvalue weighted by molar-refractivity contribution is 5.77. The van der Waals surface area contributed by atoms with Gasteiger partial charge in [-0.3, -0.25) is 4.79 Å². The van der Waals surface area contributed by atoms with Crippen LogP contribution in [0.25, 0.3) is 0 Å². The SMILES string of the molecule is CCC(N)c1ccc(OCC(=O)NCC(C)C)cc1. The first-order valence-corrected chi connectivity index (χ1v) is 6.78. The van der Waals surface area contributed by atoms with Gasteiger partial charge in [0.15, 0.2) is 6.61 Å². The number of rotatable bonds is 7. The van der Waals surface area contributed by atoms with Gasteiger partial charge in [-0.1, -0.05) is 32.9 Å². The Labute approximate surface area is 115 Å². The van der Waals surface area contributed by atoms with E-state index in [1.807, 2.05) is 31.2 Å². The molecule has 1 unspecified atom stereocenters. The Morgan fingerprint density at radius 3 is 2.47 bits per heavy atom. The Hall–Kier alpha value is -1.55. The first kappa shape index (κ1) is 15.5. The lowest BCUT2D eigenvalue weighted by molar-refractivity contribution is -0.123. The average Bonchev–Trinajstić information content (AvgIpc) is 2.42. The van der Waals surface area contributed by atoms with Crippen LogP contribution in [0.4, 0.5) is 0 Å². The van der Waals surface area contributed by atoms with Gasteiger partial charge in [0.25, 0.3) is 5.91 Å². The largest absolute Gasteiger partial charge is 0.484 e. The lowest BCUT2D eigenvalue weighted by atomic mass is 10.1. The summed E-state index contributed by atoms with van der Waals surface area (Å²) >= 11 is 0. The number of ether oxygens (including phenoxy) is 1. The molecule has 0 aliphatic heterocycles. The highest BCUT2D eigenvalue weighted by Gasteiger charge is 2.05. The molecule has 0 saturated heterocycles. The second-order valence-electron chi connectivity index (χ2n) is 5.07. The Morgan fingerprint density at radius 1 is 1.32 bits per heavy atom. The molecule has 19 heavy (non-hydrogen) atoms. The molecule has 1 aromatic rings. The van der Waals surface area contributed by atoms with Gasteiger partial charge in [0, 0.05) is 12.6 Å². The van der Waals surface area contributed by atoms with E-state index in [0.29, 0.717) is 18.2 Å². The molecule has 0 aromatic heterocycles. The van der Waals surface area contributed by atoms with Crippen molar-refractivity contribution in [2.24, 2.45) is 11.7 Å². The number of hydrogen-bond acceptors (Lipinski definition) is 3. The fourth-order valence-electron chi connectivity index (χ4n) is 1.56. The summed E-state index contributed by atoms with van der Waals surface area (Å²) in [5.74, 6) is 1.04. The molecule has 106 valence electrons. The zero-order valence-electron chi connectivity index (χ0n) is 12.0. The van der Waals surface area contributed by atoms with Gasteiger partial charge >= 0.3 is 0 Å². The monoisotopic (exact) mass is 264 g/mol. The maximum atomic E-state index is 11.5. The van der Waals surface area contributed by atoms with Crippen molar-refractivity contribution in [1.29, 1.82) is 0 Å². The maximum absolute atomic E-state index is 11.5. The maximum Gasteiger partial charge on any atom is 0.257 e. The number of carbonyl (C=O) groups excluding carboxylic acids is 1. The molecule has 1 atom stereocenters. The average molecular weight is 264 g/mol. The van der Waals surface area contributed by atoms with Gasteiger partial charge in [0.05, 0.1) is 0 Å². The van der Waals surface area contributed by atoms with Gasteiger partial charge in [-0.15, -0.1) is 0 Å². The van der Waals surface area contributed by atoms with E-state index in [4.69, 9.17) is 10.5 Å². The van der Waals surface area contributed by atoms with Crippen LogP contribution in [0.15, 0.2) is 24.3 Å². The van der Waals surface area contributed by atoms with Crippen LogP contribution in [0.5, 0.6) is 5.75 Å². The van der Waals surface area contributed by atoms with Crippen LogP contribution in [-0.4, -0.2) is 19.1 Å². The van der Waals surface area contributed by atoms with Crippen LogP contribution in [0.3, 0.4) is 0 Å². The van der Waals surface area contributed by atoms with Gasteiger partial charge in [-0.05, 0) is 30.0 Å². The lowest BCUT2D eigenvalue weighted by Gasteiger charge is -2.11. The Bertz CT molecular complexity index is 388. The molecule has 4 nitrogen and oxygen atoms in total. The normalized spacial score (nSPS) is 12.3. The van der Waals surface area contributed by atoms with Crippen molar-refractivity contribution in [3.05, 3.63) is 29.8 Å². The van der Waals surface area contributed by atoms with Crippen molar-refractivity contribution >= 4 is 5.91 Å². The molecule has 1 amide bonds. The first-order chi connectivity index (χ1) is 9.02. The zero-order chi connectivity index (χ0) is 14.3. The smallest absolute Gasteiger partial charge is 0.257 e. The van der Waals surface area contributed by atoms with Gasteiger partial charge in [-0.2, -0.15) is 0 Å². The number of carbonyl (C=O) groups is 1. The predicted octanol–water partition coefficient (Wildman–Crippen LogP) is 2.25. The van der Waals surface area contributed by atoms with Crippen molar-refractivity contribution in [1.82, 2.24) is 5.32 Å². The summed E-state index contributed by atoms with van der Waals surface area (Å²) in [5.41, 5.74) is 7.01. The molecular weight excluding hydrogens is 240 g/mol. The number of benzene rings is 1. The van der Waals surface area contributed by atoms with E-state index < -0.39 is 0 Å². The van der Waals surface area contributed by atoms with Crippen molar-refractivity contribution in [3.8, 4) is 5.75 Å². The molecule has 1 rings (SSSR count). The van der Waals surface area contributed by atoms with Crippen molar-refractivity contribution < 1.29 is 9.53 Å². The van der Waals surface area contributed by atoms with E-state index in [1.165, 1.54) is 0 Å². The number of nitrogens with two attached hydrogens (primary N) is 1.